The molecule has 0 radical (unpaired) electrons. The maximum absolute atomic E-state index is 13.6. The number of halogens is 1. The number of pyridine rings is 1. The highest BCUT2D eigenvalue weighted by atomic mass is 35.5. The van der Waals surface area contributed by atoms with Gasteiger partial charge in [-0.3, -0.25) is 14.5 Å². The highest BCUT2D eigenvalue weighted by Gasteiger charge is 2.43. The van der Waals surface area contributed by atoms with Crippen LogP contribution in [-0.4, -0.2) is 64.7 Å². The minimum absolute atomic E-state index is 0. The second kappa shape index (κ2) is 12.2. The molecule has 37 heavy (non-hydrogen) atoms. The second-order valence-electron chi connectivity index (χ2n) is 8.16. The van der Waals surface area contributed by atoms with Gasteiger partial charge in [-0.1, -0.05) is 0 Å². The predicted octanol–water partition coefficient (Wildman–Crippen LogP) is 2.17. The van der Waals surface area contributed by atoms with Gasteiger partial charge in [0, 0.05) is 18.0 Å². The van der Waals surface area contributed by atoms with Crippen molar-refractivity contribution in [3.8, 4) is 17.1 Å². The zero-order valence-electron chi connectivity index (χ0n) is 20.5. The van der Waals surface area contributed by atoms with E-state index in [4.69, 9.17) is 4.74 Å². The molecule has 1 saturated heterocycles. The van der Waals surface area contributed by atoms with Crippen molar-refractivity contribution in [3.63, 3.8) is 0 Å². The lowest BCUT2D eigenvalue weighted by Gasteiger charge is -2.35. The normalized spacial score (nSPS) is 14.8. The van der Waals surface area contributed by atoms with Gasteiger partial charge in [0.15, 0.2) is 0 Å². The van der Waals surface area contributed by atoms with E-state index >= 15 is 0 Å². The van der Waals surface area contributed by atoms with Crippen LogP contribution >= 0.6 is 12.4 Å². The summed E-state index contributed by atoms with van der Waals surface area (Å²) in [6.07, 6.45) is 7.17. The van der Waals surface area contributed by atoms with E-state index < -0.39 is 15.4 Å². The highest BCUT2D eigenvalue weighted by Crippen LogP contribution is 2.34. The molecule has 0 spiro atoms. The van der Waals surface area contributed by atoms with Gasteiger partial charge in [0.25, 0.3) is 0 Å². The molecule has 0 unspecified atom stereocenters. The quantitative estimate of drug-likeness (QED) is 0.361. The zero-order chi connectivity index (χ0) is 25.6. The Morgan fingerprint density at radius 3 is 2.54 bits per heavy atom. The fourth-order valence-electron chi connectivity index (χ4n) is 3.90. The number of hydrogen-bond acceptors (Lipinski definition) is 10. The Hall–Kier alpha value is -3.42. The monoisotopic (exact) mass is 548 g/mol. The van der Waals surface area contributed by atoms with E-state index in [1.807, 2.05) is 6.92 Å². The molecule has 1 aliphatic rings. The molecule has 1 fully saturated rings. The van der Waals surface area contributed by atoms with Crippen molar-refractivity contribution in [1.29, 1.82) is 0 Å². The summed E-state index contributed by atoms with van der Waals surface area (Å²) in [5.74, 6) is 0.352. The summed E-state index contributed by atoms with van der Waals surface area (Å²) in [4.78, 5) is 35.0. The van der Waals surface area contributed by atoms with E-state index in [0.29, 0.717) is 55.6 Å². The molecular formula is C23H29ClN8O4S. The minimum atomic E-state index is -3.56. The van der Waals surface area contributed by atoms with Gasteiger partial charge in [-0.05, 0) is 58.0 Å². The molecule has 3 N–H and O–H groups in total. The summed E-state index contributed by atoms with van der Waals surface area (Å²) in [5, 5.41) is 6.16. The number of rotatable bonds is 9. The van der Waals surface area contributed by atoms with Crippen LogP contribution in [0.2, 0.25) is 0 Å². The van der Waals surface area contributed by atoms with E-state index in [1.165, 1.54) is 13.1 Å². The van der Waals surface area contributed by atoms with Crippen LogP contribution in [0.1, 0.15) is 32.4 Å². The maximum Gasteiger partial charge on any atom is 0.237 e. The number of amides is 1. The van der Waals surface area contributed by atoms with E-state index in [2.05, 4.69) is 40.3 Å². The third-order valence-corrected chi connectivity index (χ3v) is 7.12. The lowest BCUT2D eigenvalue weighted by atomic mass is 9.75. The molecule has 12 nitrogen and oxygen atoms in total. The van der Waals surface area contributed by atoms with Crippen molar-refractivity contribution in [1.82, 2.24) is 30.2 Å². The molecule has 0 aromatic carbocycles. The molecule has 3 aromatic rings. The van der Waals surface area contributed by atoms with Gasteiger partial charge >= 0.3 is 0 Å². The molecule has 4 rings (SSSR count). The average molecular weight is 549 g/mol. The molecule has 0 aliphatic carbocycles. The largest absolute Gasteiger partial charge is 0.477 e. The van der Waals surface area contributed by atoms with Crippen molar-refractivity contribution in [2.45, 2.75) is 32.1 Å². The second-order valence-corrected chi connectivity index (χ2v) is 10.2. The first kappa shape index (κ1) is 28.2. The lowest BCUT2D eigenvalue weighted by Crippen LogP contribution is -2.49. The smallest absolute Gasteiger partial charge is 0.237 e. The Labute approximate surface area is 221 Å². The number of piperidine rings is 1. The molecule has 0 saturated carbocycles. The van der Waals surface area contributed by atoms with E-state index in [-0.39, 0.29) is 30.0 Å². The Kier molecular flexibility index (Phi) is 9.29. The van der Waals surface area contributed by atoms with E-state index in [0.717, 1.165) is 5.56 Å². The predicted molar refractivity (Wildman–Crippen MR) is 141 cm³/mol. The number of aromatic nitrogens is 5. The van der Waals surface area contributed by atoms with Gasteiger partial charge < -0.3 is 15.4 Å². The number of nitrogens with one attached hydrogen (secondary N) is 3. The molecule has 0 bridgehead atoms. The standard InChI is InChI=1S/C23H28N8O4S.ClH/c1-3-35-20-15-25-14-17(28-20)16-5-6-19(27-13-16)30-21(32)23(8-11-24-12-9-23)18-7-10-26-22(29-18)31-36(33,34)4-2;/h5-7,10,13-15,24H,3-4,8-9,11-12H2,1-2H3,(H,26,29,31)(H,27,30,32);1H. The van der Waals surface area contributed by atoms with Crippen molar-refractivity contribution in [2.24, 2.45) is 0 Å². The fourth-order valence-corrected chi connectivity index (χ4v) is 4.42. The lowest BCUT2D eigenvalue weighted by molar-refractivity contribution is -0.122. The number of sulfonamides is 1. The van der Waals surface area contributed by atoms with Crippen molar-refractivity contribution in [3.05, 3.63) is 48.7 Å². The number of carbonyl (C=O) groups excluding carboxylic acids is 1. The van der Waals surface area contributed by atoms with Crippen LogP contribution in [0.3, 0.4) is 0 Å². The van der Waals surface area contributed by atoms with E-state index in [1.54, 1.807) is 36.8 Å². The summed E-state index contributed by atoms with van der Waals surface area (Å²) < 4.78 is 31.7. The van der Waals surface area contributed by atoms with Gasteiger partial charge in [0.05, 0.1) is 41.6 Å². The first-order valence-corrected chi connectivity index (χ1v) is 13.3. The molecule has 1 aliphatic heterocycles. The van der Waals surface area contributed by atoms with Gasteiger partial charge in [-0.15, -0.1) is 12.4 Å². The number of nitrogens with zero attached hydrogens (tertiary/aromatic N) is 5. The molecule has 4 heterocycles. The molecule has 0 atom stereocenters. The number of anilines is 2. The first-order chi connectivity index (χ1) is 17.3. The van der Waals surface area contributed by atoms with Crippen LogP contribution in [0.4, 0.5) is 11.8 Å². The Balaban J connectivity index is 0.00000380. The third-order valence-electron chi connectivity index (χ3n) is 5.87. The van der Waals surface area contributed by atoms with Crippen molar-refractivity contribution in [2.75, 3.05) is 35.5 Å². The molecule has 1 amide bonds. The van der Waals surface area contributed by atoms with Crippen molar-refractivity contribution < 1.29 is 17.9 Å². The Morgan fingerprint density at radius 2 is 1.86 bits per heavy atom. The van der Waals surface area contributed by atoms with Crippen molar-refractivity contribution >= 4 is 40.1 Å². The molecule has 198 valence electrons. The highest BCUT2D eigenvalue weighted by molar-refractivity contribution is 7.92. The summed E-state index contributed by atoms with van der Waals surface area (Å²) in [6.45, 7) is 5.09. The van der Waals surface area contributed by atoms with Gasteiger partial charge in [-0.25, -0.2) is 28.4 Å². The zero-order valence-corrected chi connectivity index (χ0v) is 22.1. The number of ether oxygens (including phenoxy) is 1. The van der Waals surface area contributed by atoms with Crippen LogP contribution in [0, 0.1) is 0 Å². The van der Waals surface area contributed by atoms with Crippen LogP contribution in [0.5, 0.6) is 5.88 Å². The number of carbonyl (C=O) groups is 1. The summed E-state index contributed by atoms with van der Waals surface area (Å²) in [6, 6.07) is 5.13. The van der Waals surface area contributed by atoms with Crippen LogP contribution < -0.4 is 20.1 Å². The van der Waals surface area contributed by atoms with E-state index in [9.17, 15) is 13.2 Å². The van der Waals surface area contributed by atoms with Crippen LogP contribution in [0.15, 0.2) is 43.0 Å². The number of hydrogen-bond donors (Lipinski definition) is 3. The van der Waals surface area contributed by atoms with Crippen LogP contribution in [-0.2, 0) is 20.2 Å². The van der Waals surface area contributed by atoms with Crippen LogP contribution in [0.25, 0.3) is 11.3 Å². The first-order valence-electron chi connectivity index (χ1n) is 11.6. The fraction of sp³-hybridized carbons (Fsp3) is 0.391. The maximum atomic E-state index is 13.6. The SMILES string of the molecule is CCOc1cncc(-c2ccc(NC(=O)C3(c4ccnc(NS(=O)(=O)CC)n4)CCNCC3)nc2)n1.Cl. The topological polar surface area (TPSA) is 161 Å². The molecule has 3 aromatic heterocycles. The summed E-state index contributed by atoms with van der Waals surface area (Å²) in [5.41, 5.74) is 0.800. The van der Waals surface area contributed by atoms with Gasteiger partial charge in [0.1, 0.15) is 5.82 Å². The molecular weight excluding hydrogens is 520 g/mol. The summed E-state index contributed by atoms with van der Waals surface area (Å²) in [7, 11) is -3.56. The summed E-state index contributed by atoms with van der Waals surface area (Å²) >= 11 is 0. The minimum Gasteiger partial charge on any atom is -0.477 e. The molecule has 14 heteroatoms. The van der Waals surface area contributed by atoms with Gasteiger partial charge in [-0.2, -0.15) is 0 Å². The Morgan fingerprint density at radius 1 is 1.08 bits per heavy atom. The Bertz CT molecular complexity index is 1320. The average Bonchev–Trinajstić information content (AvgIpc) is 2.90. The van der Waals surface area contributed by atoms with Gasteiger partial charge in [0.2, 0.25) is 27.8 Å². The third kappa shape index (κ3) is 6.67.